The lowest BCUT2D eigenvalue weighted by Crippen LogP contribution is -2.37. The normalized spacial score (nSPS) is 18.1. The fourth-order valence-corrected chi connectivity index (χ4v) is 2.91. The van der Waals surface area contributed by atoms with Crippen LogP contribution in [0.3, 0.4) is 0 Å². The third kappa shape index (κ3) is 3.25. The van der Waals surface area contributed by atoms with Gasteiger partial charge in [0.25, 0.3) is 0 Å². The molecule has 0 saturated carbocycles. The summed E-state index contributed by atoms with van der Waals surface area (Å²) in [7, 11) is 1.65. The summed E-state index contributed by atoms with van der Waals surface area (Å²) in [6.07, 6.45) is 1.90. The van der Waals surface area contributed by atoms with Gasteiger partial charge >= 0.3 is 0 Å². The van der Waals surface area contributed by atoms with Gasteiger partial charge in [-0.05, 0) is 38.8 Å². The third-order valence-corrected chi connectivity index (χ3v) is 3.87. The maximum atomic E-state index is 10.1. The second-order valence-corrected chi connectivity index (χ2v) is 5.21. The zero-order valence-corrected chi connectivity index (χ0v) is 12.6. The summed E-state index contributed by atoms with van der Waals surface area (Å²) < 4.78 is 11.1. The Kier molecular flexibility index (Phi) is 5.26. The van der Waals surface area contributed by atoms with Crippen LogP contribution in [0.25, 0.3) is 0 Å². The highest BCUT2D eigenvalue weighted by Crippen LogP contribution is 2.35. The monoisotopic (exact) mass is 279 g/mol. The highest BCUT2D eigenvalue weighted by Gasteiger charge is 2.23. The molecule has 112 valence electrons. The lowest BCUT2D eigenvalue weighted by molar-refractivity contribution is 0.0458. The second-order valence-electron chi connectivity index (χ2n) is 5.21. The molecule has 1 aromatic carbocycles. The van der Waals surface area contributed by atoms with Crippen LogP contribution < -0.4 is 9.64 Å². The average Bonchev–Trinajstić information content (AvgIpc) is 2.47. The van der Waals surface area contributed by atoms with Gasteiger partial charge in [-0.1, -0.05) is 6.07 Å². The van der Waals surface area contributed by atoms with Crippen LogP contribution in [0.2, 0.25) is 0 Å². The van der Waals surface area contributed by atoms with E-state index in [0.717, 1.165) is 49.5 Å². The smallest absolute Gasteiger partial charge is 0.126 e. The number of hydrogen-bond donors (Lipinski definition) is 1. The van der Waals surface area contributed by atoms with Crippen LogP contribution in [0, 0.1) is 0 Å². The molecule has 0 aliphatic carbocycles. The molecule has 4 nitrogen and oxygen atoms in total. The van der Waals surface area contributed by atoms with Crippen LogP contribution >= 0.6 is 0 Å². The summed E-state index contributed by atoms with van der Waals surface area (Å²) in [5, 5.41) is 10.1. The first-order valence-corrected chi connectivity index (χ1v) is 7.38. The van der Waals surface area contributed by atoms with Crippen LogP contribution in [0.15, 0.2) is 18.2 Å². The van der Waals surface area contributed by atoms with E-state index in [9.17, 15) is 5.11 Å². The van der Waals surface area contributed by atoms with Gasteiger partial charge in [-0.3, -0.25) is 0 Å². The van der Waals surface area contributed by atoms with Crippen molar-refractivity contribution in [2.24, 2.45) is 0 Å². The predicted octanol–water partition coefficient (Wildman–Crippen LogP) is 2.75. The van der Waals surface area contributed by atoms with Crippen LogP contribution in [-0.4, -0.2) is 38.0 Å². The molecule has 1 aliphatic rings. The highest BCUT2D eigenvalue weighted by atomic mass is 16.5. The molecule has 2 rings (SSSR count). The molecule has 1 aromatic rings. The number of anilines is 1. The van der Waals surface area contributed by atoms with Gasteiger partial charge in [-0.25, -0.2) is 0 Å². The Bertz CT molecular complexity index is 426. The van der Waals surface area contributed by atoms with Gasteiger partial charge in [0.15, 0.2) is 0 Å². The van der Waals surface area contributed by atoms with Crippen molar-refractivity contribution in [1.82, 2.24) is 0 Å². The number of aliphatic hydroxyl groups is 1. The Hall–Kier alpha value is -1.26. The second kappa shape index (κ2) is 6.95. The first-order valence-electron chi connectivity index (χ1n) is 7.38. The molecule has 1 atom stereocenters. The molecule has 0 amide bonds. The number of piperidine rings is 1. The minimum Gasteiger partial charge on any atom is -0.496 e. The number of methoxy groups -OCH3 is 1. The first-order chi connectivity index (χ1) is 9.67. The van der Waals surface area contributed by atoms with E-state index in [0.29, 0.717) is 6.10 Å². The van der Waals surface area contributed by atoms with E-state index in [1.54, 1.807) is 14.0 Å². The number of rotatable bonds is 5. The molecule has 1 aliphatic heterocycles. The molecule has 1 N–H and O–H groups in total. The number of hydrogen-bond acceptors (Lipinski definition) is 4. The Morgan fingerprint density at radius 1 is 1.35 bits per heavy atom. The van der Waals surface area contributed by atoms with E-state index >= 15 is 0 Å². The largest absolute Gasteiger partial charge is 0.496 e. The zero-order chi connectivity index (χ0) is 14.5. The third-order valence-electron chi connectivity index (χ3n) is 3.87. The Morgan fingerprint density at radius 3 is 2.60 bits per heavy atom. The summed E-state index contributed by atoms with van der Waals surface area (Å²) in [4.78, 5) is 2.32. The molecule has 4 heteroatoms. The van der Waals surface area contributed by atoms with E-state index in [4.69, 9.17) is 9.47 Å². The maximum absolute atomic E-state index is 10.1. The van der Waals surface area contributed by atoms with Crippen LogP contribution in [0.4, 0.5) is 5.69 Å². The van der Waals surface area contributed by atoms with Crippen molar-refractivity contribution >= 4 is 5.69 Å². The Labute approximate surface area is 121 Å². The quantitative estimate of drug-likeness (QED) is 0.900. The molecule has 1 heterocycles. The van der Waals surface area contributed by atoms with Crippen LogP contribution in [0.5, 0.6) is 5.75 Å². The van der Waals surface area contributed by atoms with E-state index in [1.165, 1.54) is 0 Å². The molecule has 0 unspecified atom stereocenters. The Morgan fingerprint density at radius 2 is 2.05 bits per heavy atom. The molecule has 1 saturated heterocycles. The lowest BCUT2D eigenvalue weighted by Gasteiger charge is -2.35. The van der Waals surface area contributed by atoms with Crippen LogP contribution in [0.1, 0.15) is 38.4 Å². The molecule has 1 fully saturated rings. The summed E-state index contributed by atoms with van der Waals surface area (Å²) >= 11 is 0. The fourth-order valence-electron chi connectivity index (χ4n) is 2.91. The van der Waals surface area contributed by atoms with Crippen molar-refractivity contribution < 1.29 is 14.6 Å². The SMILES string of the molecule is CCOC1CCN(c2cccc(OC)c2[C@@H](C)O)CC1. The standard InChI is InChI=1S/C16H25NO3/c1-4-20-13-8-10-17(11-9-13)14-6-5-7-15(19-3)16(14)12(2)18/h5-7,12-13,18H,4,8-11H2,1-3H3/t12-/m1/s1. The van der Waals surface area contributed by atoms with Crippen molar-refractivity contribution in [2.75, 3.05) is 31.7 Å². The van der Waals surface area contributed by atoms with E-state index in [-0.39, 0.29) is 0 Å². The summed E-state index contributed by atoms with van der Waals surface area (Å²) in [6.45, 7) is 6.52. The van der Waals surface area contributed by atoms with Gasteiger partial charge in [0.2, 0.25) is 0 Å². The van der Waals surface area contributed by atoms with E-state index in [1.807, 2.05) is 19.1 Å². The predicted molar refractivity (Wildman–Crippen MR) is 80.5 cm³/mol. The summed E-state index contributed by atoms with van der Waals surface area (Å²) in [5.74, 6) is 0.754. The van der Waals surface area contributed by atoms with Crippen molar-refractivity contribution in [3.8, 4) is 5.75 Å². The maximum Gasteiger partial charge on any atom is 0.126 e. The molecule has 0 aromatic heterocycles. The number of ether oxygens (including phenoxy) is 2. The van der Waals surface area contributed by atoms with Gasteiger partial charge in [-0.15, -0.1) is 0 Å². The summed E-state index contributed by atoms with van der Waals surface area (Å²) in [5.41, 5.74) is 1.96. The zero-order valence-electron chi connectivity index (χ0n) is 12.6. The first kappa shape index (κ1) is 15.1. The molecular weight excluding hydrogens is 254 g/mol. The van der Waals surface area contributed by atoms with Crippen molar-refractivity contribution in [1.29, 1.82) is 0 Å². The lowest BCUT2D eigenvalue weighted by atomic mass is 10.0. The van der Waals surface area contributed by atoms with Gasteiger partial charge in [0.05, 0.1) is 19.3 Å². The van der Waals surface area contributed by atoms with Crippen molar-refractivity contribution in [2.45, 2.75) is 38.9 Å². The molecular formula is C16H25NO3. The topological polar surface area (TPSA) is 41.9 Å². The van der Waals surface area contributed by atoms with E-state index < -0.39 is 6.10 Å². The fraction of sp³-hybridized carbons (Fsp3) is 0.625. The number of nitrogens with zero attached hydrogens (tertiary/aromatic N) is 1. The summed E-state index contributed by atoms with van der Waals surface area (Å²) in [6, 6.07) is 5.94. The van der Waals surface area contributed by atoms with Gasteiger partial charge in [-0.2, -0.15) is 0 Å². The average molecular weight is 279 g/mol. The molecule has 0 radical (unpaired) electrons. The minimum atomic E-state index is -0.536. The molecule has 0 bridgehead atoms. The number of aliphatic hydroxyl groups excluding tert-OH is 1. The molecule has 0 spiro atoms. The van der Waals surface area contributed by atoms with Crippen molar-refractivity contribution in [3.05, 3.63) is 23.8 Å². The molecule has 20 heavy (non-hydrogen) atoms. The van der Waals surface area contributed by atoms with Gasteiger partial charge in [0, 0.05) is 30.9 Å². The number of benzene rings is 1. The van der Waals surface area contributed by atoms with Crippen LogP contribution in [-0.2, 0) is 4.74 Å². The Balaban J connectivity index is 2.17. The van der Waals surface area contributed by atoms with Gasteiger partial charge < -0.3 is 19.5 Å². The van der Waals surface area contributed by atoms with E-state index in [2.05, 4.69) is 11.0 Å². The minimum absolute atomic E-state index is 0.372. The van der Waals surface area contributed by atoms with Gasteiger partial charge in [0.1, 0.15) is 5.75 Å². The van der Waals surface area contributed by atoms with Crippen molar-refractivity contribution in [3.63, 3.8) is 0 Å². The highest BCUT2D eigenvalue weighted by molar-refractivity contribution is 5.60.